The Morgan fingerprint density at radius 3 is 2.70 bits per heavy atom. The van der Waals surface area contributed by atoms with Gasteiger partial charge in [0.05, 0.1) is 31.1 Å². The zero-order valence-electron chi connectivity index (χ0n) is 13.0. The van der Waals surface area contributed by atoms with Crippen LogP contribution in [0.15, 0.2) is 40.9 Å². The van der Waals surface area contributed by atoms with Crippen LogP contribution in [0.5, 0.6) is 5.75 Å². The summed E-state index contributed by atoms with van der Waals surface area (Å²) in [6.45, 7) is 1.94. The molecule has 0 radical (unpaired) electrons. The molecule has 0 unspecified atom stereocenters. The van der Waals surface area contributed by atoms with E-state index in [0.717, 1.165) is 21.1 Å². The molecule has 0 fully saturated rings. The maximum atomic E-state index is 12.2. The smallest absolute Gasteiger partial charge is 0.343 e. The third kappa shape index (κ3) is 2.59. The molecule has 0 atom stereocenters. The van der Waals surface area contributed by atoms with Crippen LogP contribution in [0.2, 0.25) is 0 Å². The highest BCUT2D eigenvalue weighted by Gasteiger charge is 2.21. The number of methoxy groups -OCH3 is 2. The molecule has 0 bridgehead atoms. The van der Waals surface area contributed by atoms with E-state index < -0.39 is 5.97 Å². The number of ether oxygens (including phenoxy) is 2. The van der Waals surface area contributed by atoms with Crippen LogP contribution >= 0.6 is 15.9 Å². The number of benzene rings is 2. The highest BCUT2D eigenvalue weighted by molar-refractivity contribution is 9.10. The number of fused-ring (bicyclic) bond motifs is 1. The number of esters is 1. The second kappa shape index (κ2) is 6.04. The van der Waals surface area contributed by atoms with Crippen LogP contribution < -0.4 is 4.74 Å². The number of halogens is 1. The lowest BCUT2D eigenvalue weighted by atomic mass is 10.1. The van der Waals surface area contributed by atoms with E-state index in [1.54, 1.807) is 10.7 Å². The first-order valence-corrected chi connectivity index (χ1v) is 7.76. The van der Waals surface area contributed by atoms with Gasteiger partial charge < -0.3 is 9.47 Å². The molecule has 0 aliphatic rings. The van der Waals surface area contributed by atoms with Gasteiger partial charge in [0.15, 0.2) is 0 Å². The second-order valence-corrected chi connectivity index (χ2v) is 5.92. The Morgan fingerprint density at radius 1 is 1.22 bits per heavy atom. The van der Waals surface area contributed by atoms with Crippen molar-refractivity contribution in [3.63, 3.8) is 0 Å². The highest BCUT2D eigenvalue weighted by Crippen LogP contribution is 2.30. The molecular formula is C17H15BrN2O3. The van der Waals surface area contributed by atoms with Gasteiger partial charge in [-0.3, -0.25) is 0 Å². The van der Waals surface area contributed by atoms with Crippen molar-refractivity contribution < 1.29 is 14.3 Å². The zero-order chi connectivity index (χ0) is 16.6. The Bertz CT molecular complexity index is 902. The molecule has 1 heterocycles. The van der Waals surface area contributed by atoms with E-state index >= 15 is 0 Å². The van der Waals surface area contributed by atoms with Gasteiger partial charge in [0.1, 0.15) is 11.3 Å². The lowest BCUT2D eigenvalue weighted by Crippen LogP contribution is -2.10. The Morgan fingerprint density at radius 2 is 2.00 bits per heavy atom. The van der Waals surface area contributed by atoms with Gasteiger partial charge in [0, 0.05) is 9.86 Å². The normalized spacial score (nSPS) is 10.8. The van der Waals surface area contributed by atoms with Crippen molar-refractivity contribution in [3.8, 4) is 11.4 Å². The quantitative estimate of drug-likeness (QED) is 0.652. The van der Waals surface area contributed by atoms with Crippen LogP contribution in [0.3, 0.4) is 0 Å². The summed E-state index contributed by atoms with van der Waals surface area (Å²) in [5.74, 6) is -0.0144. The van der Waals surface area contributed by atoms with Gasteiger partial charge in [-0.1, -0.05) is 22.0 Å². The number of hydrogen-bond donors (Lipinski definition) is 0. The molecule has 0 spiro atoms. The number of nitrogens with zero attached hydrogens (tertiary/aromatic N) is 2. The minimum absolute atomic E-state index is 0.349. The first-order valence-electron chi connectivity index (χ1n) is 6.97. The molecule has 0 aliphatic carbocycles. The number of carbonyl (C=O) groups excluding carboxylic acids is 1. The van der Waals surface area contributed by atoms with Crippen LogP contribution in [0.4, 0.5) is 0 Å². The molecule has 0 aliphatic heterocycles. The number of hydrogen-bond acceptors (Lipinski definition) is 4. The Kier molecular flexibility index (Phi) is 4.09. The van der Waals surface area contributed by atoms with E-state index in [9.17, 15) is 4.79 Å². The van der Waals surface area contributed by atoms with E-state index in [4.69, 9.17) is 9.47 Å². The molecular weight excluding hydrogens is 360 g/mol. The van der Waals surface area contributed by atoms with Crippen molar-refractivity contribution in [1.82, 2.24) is 9.78 Å². The predicted molar refractivity (Wildman–Crippen MR) is 91.4 cm³/mol. The summed E-state index contributed by atoms with van der Waals surface area (Å²) in [7, 11) is 2.87. The van der Waals surface area contributed by atoms with E-state index in [1.807, 2.05) is 37.3 Å². The van der Waals surface area contributed by atoms with Gasteiger partial charge >= 0.3 is 5.97 Å². The maximum absolute atomic E-state index is 12.2. The minimum Gasteiger partial charge on any atom is -0.496 e. The van der Waals surface area contributed by atoms with Crippen molar-refractivity contribution in [2.24, 2.45) is 0 Å². The number of aromatic nitrogens is 2. The molecule has 0 amide bonds. The minimum atomic E-state index is -0.464. The topological polar surface area (TPSA) is 53.4 Å². The monoisotopic (exact) mass is 374 g/mol. The standard InChI is InChI=1S/C17H15BrN2O3/c1-10-12-8-7-11(18)9-14(12)20(19-10)13-5-4-6-15(22-2)16(13)17(21)23-3/h4-9H,1-3H3. The lowest BCUT2D eigenvalue weighted by molar-refractivity contribution is 0.0597. The summed E-state index contributed by atoms with van der Waals surface area (Å²) in [5.41, 5.74) is 2.75. The molecule has 0 saturated carbocycles. The van der Waals surface area contributed by atoms with Gasteiger partial charge in [-0.15, -0.1) is 0 Å². The summed E-state index contributed by atoms with van der Waals surface area (Å²) >= 11 is 3.48. The van der Waals surface area contributed by atoms with Gasteiger partial charge in [0.2, 0.25) is 0 Å². The van der Waals surface area contributed by atoms with Crippen LogP contribution in [0, 0.1) is 6.92 Å². The molecule has 5 nitrogen and oxygen atoms in total. The first-order chi connectivity index (χ1) is 11.1. The average molecular weight is 375 g/mol. The summed E-state index contributed by atoms with van der Waals surface area (Å²) in [5, 5.41) is 5.61. The molecule has 6 heteroatoms. The Balaban J connectivity index is 2.35. The Hall–Kier alpha value is -2.34. The number of aryl methyl sites for hydroxylation is 1. The third-order valence-corrected chi connectivity index (χ3v) is 4.16. The summed E-state index contributed by atoms with van der Waals surface area (Å²) < 4.78 is 12.9. The SMILES string of the molecule is COC(=O)c1c(OC)cccc1-n1nc(C)c2ccc(Br)cc21. The van der Waals surface area contributed by atoms with Gasteiger partial charge in [0.25, 0.3) is 0 Å². The molecule has 118 valence electrons. The molecule has 0 saturated heterocycles. The summed E-state index contributed by atoms with van der Waals surface area (Å²) in [6.07, 6.45) is 0. The molecule has 3 rings (SSSR count). The fraction of sp³-hybridized carbons (Fsp3) is 0.176. The van der Waals surface area contributed by atoms with Gasteiger partial charge in [-0.2, -0.15) is 5.10 Å². The van der Waals surface area contributed by atoms with E-state index in [2.05, 4.69) is 21.0 Å². The van der Waals surface area contributed by atoms with Gasteiger partial charge in [-0.25, -0.2) is 9.48 Å². The van der Waals surface area contributed by atoms with Crippen molar-refractivity contribution in [2.45, 2.75) is 6.92 Å². The lowest BCUT2D eigenvalue weighted by Gasteiger charge is -2.13. The molecule has 2 aromatic carbocycles. The van der Waals surface area contributed by atoms with Crippen molar-refractivity contribution in [1.29, 1.82) is 0 Å². The summed E-state index contributed by atoms with van der Waals surface area (Å²) in [4.78, 5) is 12.2. The fourth-order valence-electron chi connectivity index (χ4n) is 2.60. The van der Waals surface area contributed by atoms with Crippen molar-refractivity contribution >= 4 is 32.8 Å². The predicted octanol–water partition coefficient (Wildman–Crippen LogP) is 3.89. The Labute approximate surface area is 141 Å². The van der Waals surface area contributed by atoms with Crippen molar-refractivity contribution in [2.75, 3.05) is 14.2 Å². The fourth-order valence-corrected chi connectivity index (χ4v) is 2.95. The average Bonchev–Trinajstić information content (AvgIpc) is 2.89. The largest absolute Gasteiger partial charge is 0.496 e. The second-order valence-electron chi connectivity index (χ2n) is 5.00. The van der Waals surface area contributed by atoms with Crippen LogP contribution in [-0.4, -0.2) is 30.0 Å². The first kappa shape index (κ1) is 15.6. The molecule has 0 N–H and O–H groups in total. The maximum Gasteiger partial charge on any atom is 0.343 e. The molecule has 1 aromatic heterocycles. The summed E-state index contributed by atoms with van der Waals surface area (Å²) in [6, 6.07) is 11.3. The van der Waals surface area contributed by atoms with Crippen LogP contribution in [0.25, 0.3) is 16.6 Å². The van der Waals surface area contributed by atoms with E-state index in [-0.39, 0.29) is 0 Å². The molecule has 23 heavy (non-hydrogen) atoms. The van der Waals surface area contributed by atoms with E-state index in [0.29, 0.717) is 17.0 Å². The van der Waals surface area contributed by atoms with Crippen molar-refractivity contribution in [3.05, 3.63) is 52.1 Å². The van der Waals surface area contributed by atoms with E-state index in [1.165, 1.54) is 14.2 Å². The third-order valence-electron chi connectivity index (χ3n) is 3.67. The van der Waals surface area contributed by atoms with Crippen LogP contribution in [0.1, 0.15) is 16.1 Å². The molecule has 3 aromatic rings. The van der Waals surface area contributed by atoms with Gasteiger partial charge in [-0.05, 0) is 37.3 Å². The number of rotatable bonds is 3. The van der Waals surface area contributed by atoms with Crippen LogP contribution in [-0.2, 0) is 4.74 Å². The highest BCUT2D eigenvalue weighted by atomic mass is 79.9. The number of carbonyl (C=O) groups is 1. The zero-order valence-corrected chi connectivity index (χ0v) is 14.5.